The second kappa shape index (κ2) is 9.21. The summed E-state index contributed by atoms with van der Waals surface area (Å²) in [5, 5.41) is 10.3. The van der Waals surface area contributed by atoms with Crippen LogP contribution in [0.1, 0.15) is 19.3 Å². The molecule has 0 atom stereocenters. The minimum absolute atomic E-state index is 0.0866. The van der Waals surface area contributed by atoms with E-state index in [0.29, 0.717) is 30.1 Å². The number of hydrogen-bond acceptors (Lipinski definition) is 6. The number of carboxylic acids is 1. The summed E-state index contributed by atoms with van der Waals surface area (Å²) in [4.78, 5) is 10.4. The van der Waals surface area contributed by atoms with Crippen molar-refractivity contribution >= 4 is 16.0 Å². The highest BCUT2D eigenvalue weighted by molar-refractivity contribution is 7.89. The van der Waals surface area contributed by atoms with Gasteiger partial charge in [0, 0.05) is 12.5 Å². The molecule has 2 rings (SSSR count). The summed E-state index contributed by atoms with van der Waals surface area (Å²) in [5.74, 6) is 0.431. The Hall–Kier alpha value is -2.58. The largest absolute Gasteiger partial charge is 0.550 e. The summed E-state index contributed by atoms with van der Waals surface area (Å²) < 4.78 is 37.7. The number of methoxy groups -OCH3 is 1. The standard InChI is InChI=1S/C18H21NO6S/c1-24-16-6-2-3-7-17(16)25-14-9-11-15(12-10-14)26(22,23)19-13-5-4-8-18(20)21/h2-3,6-7,9-12,19H,4-5,8,13H2,1H3,(H,20,21)/p-1. The van der Waals surface area contributed by atoms with Gasteiger partial charge in [-0.1, -0.05) is 12.1 Å². The molecule has 0 amide bonds. The van der Waals surface area contributed by atoms with E-state index in [2.05, 4.69) is 4.72 Å². The van der Waals surface area contributed by atoms with Crippen molar-refractivity contribution in [3.8, 4) is 17.2 Å². The molecule has 8 heteroatoms. The number of sulfonamides is 1. The van der Waals surface area contributed by atoms with Crippen LogP contribution >= 0.6 is 0 Å². The molecule has 140 valence electrons. The van der Waals surface area contributed by atoms with Gasteiger partial charge in [-0.25, -0.2) is 13.1 Å². The van der Waals surface area contributed by atoms with Gasteiger partial charge >= 0.3 is 0 Å². The minimum atomic E-state index is -3.66. The molecule has 0 unspecified atom stereocenters. The van der Waals surface area contributed by atoms with Crippen LogP contribution in [0.4, 0.5) is 0 Å². The second-order valence-electron chi connectivity index (χ2n) is 5.45. The molecule has 0 aliphatic carbocycles. The normalized spacial score (nSPS) is 11.1. The molecule has 0 aliphatic rings. The van der Waals surface area contributed by atoms with Crippen molar-refractivity contribution in [3.63, 3.8) is 0 Å². The Morgan fingerprint density at radius 2 is 1.69 bits per heavy atom. The van der Waals surface area contributed by atoms with Gasteiger partial charge in [0.05, 0.1) is 12.0 Å². The third kappa shape index (κ3) is 5.75. The smallest absolute Gasteiger partial charge is 0.240 e. The third-order valence-electron chi connectivity index (χ3n) is 3.53. The number of hydrogen-bond donors (Lipinski definition) is 1. The fourth-order valence-electron chi connectivity index (χ4n) is 2.20. The summed E-state index contributed by atoms with van der Waals surface area (Å²) in [6.07, 6.45) is 0.690. The van der Waals surface area contributed by atoms with E-state index < -0.39 is 16.0 Å². The van der Waals surface area contributed by atoms with Gasteiger partial charge in [0.15, 0.2) is 11.5 Å². The zero-order valence-electron chi connectivity index (χ0n) is 14.3. The van der Waals surface area contributed by atoms with E-state index in [0.717, 1.165) is 0 Å². The summed E-state index contributed by atoms with van der Waals surface area (Å²) in [7, 11) is -2.12. The van der Waals surface area contributed by atoms with Gasteiger partial charge in [-0.2, -0.15) is 0 Å². The number of carbonyl (C=O) groups excluding carboxylic acids is 1. The first kappa shape index (κ1) is 19.7. The highest BCUT2D eigenvalue weighted by Gasteiger charge is 2.13. The zero-order chi connectivity index (χ0) is 19.0. The predicted molar refractivity (Wildman–Crippen MR) is 93.6 cm³/mol. The molecule has 0 spiro atoms. The molecule has 0 fully saturated rings. The van der Waals surface area contributed by atoms with Crippen molar-refractivity contribution in [2.45, 2.75) is 24.2 Å². The molecule has 0 saturated heterocycles. The van der Waals surface area contributed by atoms with Crippen molar-refractivity contribution in [2.24, 2.45) is 0 Å². The molecule has 0 radical (unpaired) electrons. The van der Waals surface area contributed by atoms with Crippen LogP contribution in [-0.2, 0) is 14.8 Å². The maximum Gasteiger partial charge on any atom is 0.240 e. The lowest BCUT2D eigenvalue weighted by Gasteiger charge is -2.11. The van der Waals surface area contributed by atoms with E-state index in [9.17, 15) is 18.3 Å². The summed E-state index contributed by atoms with van der Waals surface area (Å²) >= 11 is 0. The van der Waals surface area contributed by atoms with Crippen LogP contribution in [0, 0.1) is 0 Å². The van der Waals surface area contributed by atoms with E-state index in [-0.39, 0.29) is 17.9 Å². The lowest BCUT2D eigenvalue weighted by molar-refractivity contribution is -0.305. The van der Waals surface area contributed by atoms with E-state index >= 15 is 0 Å². The van der Waals surface area contributed by atoms with Crippen molar-refractivity contribution < 1.29 is 27.8 Å². The number of aliphatic carboxylic acids is 1. The molecule has 0 aliphatic heterocycles. The molecule has 2 aromatic rings. The first-order valence-corrected chi connectivity index (χ1v) is 9.51. The molecule has 26 heavy (non-hydrogen) atoms. The fourth-order valence-corrected chi connectivity index (χ4v) is 3.28. The van der Waals surface area contributed by atoms with Crippen LogP contribution in [0.15, 0.2) is 53.4 Å². The maximum atomic E-state index is 12.2. The van der Waals surface area contributed by atoms with Gasteiger partial charge < -0.3 is 19.4 Å². The molecule has 0 saturated carbocycles. The first-order chi connectivity index (χ1) is 12.4. The number of para-hydroxylation sites is 2. The maximum absolute atomic E-state index is 12.2. The summed E-state index contributed by atoms with van der Waals surface area (Å²) in [5.41, 5.74) is 0. The van der Waals surface area contributed by atoms with Crippen LogP contribution < -0.4 is 19.3 Å². The third-order valence-corrected chi connectivity index (χ3v) is 5.01. The highest BCUT2D eigenvalue weighted by Crippen LogP contribution is 2.31. The lowest BCUT2D eigenvalue weighted by atomic mass is 10.2. The Kier molecular flexibility index (Phi) is 6.99. The number of unbranched alkanes of at least 4 members (excludes halogenated alkanes) is 1. The molecular formula is C18H20NO6S-. The van der Waals surface area contributed by atoms with Gasteiger partial charge in [0.2, 0.25) is 10.0 Å². The Balaban J connectivity index is 1.96. The molecule has 7 nitrogen and oxygen atoms in total. The number of ether oxygens (including phenoxy) is 2. The van der Waals surface area contributed by atoms with Crippen molar-refractivity contribution in [3.05, 3.63) is 48.5 Å². The Bertz CT molecular complexity index is 833. The predicted octanol–water partition coefficient (Wildman–Crippen LogP) is 1.69. The van der Waals surface area contributed by atoms with Gasteiger partial charge in [-0.3, -0.25) is 0 Å². The first-order valence-electron chi connectivity index (χ1n) is 8.03. The average molecular weight is 378 g/mol. The molecule has 0 aromatic heterocycles. The Morgan fingerprint density at radius 1 is 1.04 bits per heavy atom. The van der Waals surface area contributed by atoms with Crippen LogP contribution in [-0.4, -0.2) is 28.0 Å². The van der Waals surface area contributed by atoms with Crippen LogP contribution in [0.25, 0.3) is 0 Å². The summed E-state index contributed by atoms with van der Waals surface area (Å²) in [6.45, 7) is 0.162. The number of rotatable bonds is 10. The highest BCUT2D eigenvalue weighted by atomic mass is 32.2. The van der Waals surface area contributed by atoms with Crippen molar-refractivity contribution in [1.29, 1.82) is 0 Å². The topological polar surface area (TPSA) is 105 Å². The fraction of sp³-hybridized carbons (Fsp3) is 0.278. The van der Waals surface area contributed by atoms with E-state index in [1.54, 1.807) is 30.3 Å². The van der Waals surface area contributed by atoms with E-state index in [4.69, 9.17) is 9.47 Å². The average Bonchev–Trinajstić information content (AvgIpc) is 2.62. The Labute approximate surface area is 152 Å². The van der Waals surface area contributed by atoms with Crippen LogP contribution in [0.5, 0.6) is 17.2 Å². The van der Waals surface area contributed by atoms with Crippen LogP contribution in [0.3, 0.4) is 0 Å². The van der Waals surface area contributed by atoms with Crippen molar-refractivity contribution in [1.82, 2.24) is 4.72 Å². The summed E-state index contributed by atoms with van der Waals surface area (Å²) in [6, 6.07) is 13.1. The molecule has 0 bridgehead atoms. The van der Waals surface area contributed by atoms with E-state index in [1.165, 1.54) is 19.2 Å². The van der Waals surface area contributed by atoms with Gasteiger partial charge in [-0.15, -0.1) is 0 Å². The molecule has 2 aromatic carbocycles. The van der Waals surface area contributed by atoms with Gasteiger partial charge in [0.25, 0.3) is 0 Å². The lowest BCUT2D eigenvalue weighted by Crippen LogP contribution is -2.26. The molecular weight excluding hydrogens is 358 g/mol. The van der Waals surface area contributed by atoms with E-state index in [1.807, 2.05) is 6.07 Å². The zero-order valence-corrected chi connectivity index (χ0v) is 15.1. The van der Waals surface area contributed by atoms with Crippen molar-refractivity contribution in [2.75, 3.05) is 13.7 Å². The number of carboxylic acid groups (broad SMARTS) is 1. The molecule has 1 N–H and O–H groups in total. The second-order valence-corrected chi connectivity index (χ2v) is 7.22. The number of nitrogens with one attached hydrogen (secondary N) is 1. The SMILES string of the molecule is COc1ccccc1Oc1ccc(S(=O)(=O)NCCCCC(=O)[O-])cc1. The van der Waals surface area contributed by atoms with Gasteiger partial charge in [-0.05, 0) is 55.7 Å². The molecule has 0 heterocycles. The monoisotopic (exact) mass is 378 g/mol. The van der Waals surface area contributed by atoms with Crippen LogP contribution in [0.2, 0.25) is 0 Å². The quantitative estimate of drug-likeness (QED) is 0.631. The number of carbonyl (C=O) groups is 1. The minimum Gasteiger partial charge on any atom is -0.550 e. The number of benzene rings is 2. The Morgan fingerprint density at radius 3 is 2.31 bits per heavy atom. The van der Waals surface area contributed by atoms with Gasteiger partial charge in [0.1, 0.15) is 5.75 Å².